The van der Waals surface area contributed by atoms with Gasteiger partial charge in [-0.05, 0) is 69.2 Å². The van der Waals surface area contributed by atoms with Crippen LogP contribution in [0.15, 0.2) is 58.4 Å². The maximum absolute atomic E-state index is 12.8. The van der Waals surface area contributed by atoms with Crippen LogP contribution in [-0.2, 0) is 14.8 Å². The molecule has 0 atom stereocenters. The van der Waals surface area contributed by atoms with Crippen molar-refractivity contribution in [2.45, 2.75) is 50.0 Å². The molecule has 1 aliphatic heterocycles. The summed E-state index contributed by atoms with van der Waals surface area (Å²) >= 11 is 5.88. The van der Waals surface area contributed by atoms with Crippen molar-refractivity contribution < 1.29 is 17.9 Å². The van der Waals surface area contributed by atoms with Crippen LogP contribution in [0.5, 0.6) is 5.75 Å². The van der Waals surface area contributed by atoms with Crippen LogP contribution in [0, 0.1) is 0 Å². The van der Waals surface area contributed by atoms with E-state index in [0.29, 0.717) is 35.3 Å². The molecule has 0 fully saturated rings. The van der Waals surface area contributed by atoms with Gasteiger partial charge in [0.15, 0.2) is 5.60 Å². The molecule has 0 saturated carbocycles. The van der Waals surface area contributed by atoms with Crippen molar-refractivity contribution in [3.63, 3.8) is 0 Å². The molecule has 2 aromatic carbocycles. The number of aliphatic imine (C=N–C) groups is 1. The zero-order valence-corrected chi connectivity index (χ0v) is 19.1. The topological polar surface area (TPSA) is 96.9 Å². The molecular weight excluding hydrogens is 438 g/mol. The lowest BCUT2D eigenvalue weighted by Gasteiger charge is -2.25. The normalized spacial score (nSPS) is 14.9. The van der Waals surface area contributed by atoms with E-state index in [-0.39, 0.29) is 4.90 Å². The molecule has 2 aromatic rings. The van der Waals surface area contributed by atoms with Gasteiger partial charge >= 0.3 is 0 Å². The highest BCUT2D eigenvalue weighted by Crippen LogP contribution is 2.23. The molecule has 9 heteroatoms. The number of hydrogen-bond donors (Lipinski definition) is 2. The van der Waals surface area contributed by atoms with Crippen molar-refractivity contribution in [3.8, 4) is 5.75 Å². The molecule has 0 radical (unpaired) electrons. The van der Waals surface area contributed by atoms with Crippen molar-refractivity contribution in [2.24, 2.45) is 4.99 Å². The average Bonchev–Trinajstić information content (AvgIpc) is 2.98. The van der Waals surface area contributed by atoms with Crippen molar-refractivity contribution in [1.29, 1.82) is 0 Å². The second-order valence-corrected chi connectivity index (χ2v) is 9.91. The fourth-order valence-corrected chi connectivity index (χ4v) is 4.30. The minimum atomic E-state index is -3.80. The van der Waals surface area contributed by atoms with Gasteiger partial charge in [0, 0.05) is 23.7 Å². The van der Waals surface area contributed by atoms with Gasteiger partial charge in [-0.1, -0.05) is 24.1 Å². The lowest BCUT2D eigenvalue weighted by atomic mass is 10.1. The quantitative estimate of drug-likeness (QED) is 0.664. The molecule has 3 rings (SSSR count). The summed E-state index contributed by atoms with van der Waals surface area (Å²) in [5.74, 6) is 0.553. The second kappa shape index (κ2) is 9.70. The van der Waals surface area contributed by atoms with Crippen LogP contribution in [-0.4, -0.2) is 32.3 Å². The smallest absolute Gasteiger partial charge is 0.267 e. The van der Waals surface area contributed by atoms with E-state index in [1.54, 1.807) is 50.2 Å². The number of sulfonamides is 1. The van der Waals surface area contributed by atoms with Gasteiger partial charge in [-0.25, -0.2) is 8.42 Å². The predicted molar refractivity (Wildman–Crippen MR) is 122 cm³/mol. The number of ether oxygens (including phenoxy) is 1. The van der Waals surface area contributed by atoms with Crippen molar-refractivity contribution in [2.75, 3.05) is 11.9 Å². The number of amidine groups is 1. The summed E-state index contributed by atoms with van der Waals surface area (Å²) in [6, 6.07) is 12.8. The molecule has 1 aliphatic rings. The first-order valence-electron chi connectivity index (χ1n) is 10.1. The number of halogens is 1. The van der Waals surface area contributed by atoms with E-state index in [4.69, 9.17) is 16.3 Å². The van der Waals surface area contributed by atoms with Crippen LogP contribution in [0.2, 0.25) is 5.02 Å². The van der Waals surface area contributed by atoms with E-state index in [9.17, 15) is 13.2 Å². The van der Waals surface area contributed by atoms with Crippen molar-refractivity contribution in [1.82, 2.24) is 4.72 Å². The molecule has 0 aromatic heterocycles. The number of hydrogen-bond acceptors (Lipinski definition) is 5. The molecule has 1 heterocycles. The molecule has 2 N–H and O–H groups in total. The lowest BCUT2D eigenvalue weighted by molar-refractivity contribution is -0.128. The molecule has 166 valence electrons. The van der Waals surface area contributed by atoms with Crippen LogP contribution < -0.4 is 14.8 Å². The minimum Gasteiger partial charge on any atom is -0.478 e. The fourth-order valence-electron chi connectivity index (χ4n) is 3.04. The summed E-state index contributed by atoms with van der Waals surface area (Å²) in [6.45, 7) is 3.88. The first-order chi connectivity index (χ1) is 14.7. The maximum Gasteiger partial charge on any atom is 0.267 e. The van der Waals surface area contributed by atoms with Gasteiger partial charge in [-0.3, -0.25) is 14.5 Å². The second-order valence-electron chi connectivity index (χ2n) is 7.79. The zero-order chi connectivity index (χ0) is 22.5. The Bertz CT molecular complexity index is 1070. The number of nitrogens with one attached hydrogen (secondary N) is 2. The minimum absolute atomic E-state index is 0.0497. The predicted octanol–water partition coefficient (Wildman–Crippen LogP) is 4.39. The Kier molecular flexibility index (Phi) is 7.23. The zero-order valence-electron chi connectivity index (χ0n) is 17.5. The Hall–Kier alpha value is -2.58. The van der Waals surface area contributed by atoms with Crippen LogP contribution >= 0.6 is 11.6 Å². The van der Waals surface area contributed by atoms with E-state index in [0.717, 1.165) is 19.3 Å². The van der Waals surface area contributed by atoms with E-state index >= 15 is 0 Å². The van der Waals surface area contributed by atoms with Gasteiger partial charge in [0.2, 0.25) is 0 Å². The first-order valence-corrected chi connectivity index (χ1v) is 11.9. The molecule has 0 saturated heterocycles. The Morgan fingerprint density at radius 3 is 2.58 bits per heavy atom. The Labute approximate surface area is 187 Å². The fraction of sp³-hybridized carbons (Fsp3) is 0.364. The number of rotatable bonds is 6. The summed E-state index contributed by atoms with van der Waals surface area (Å²) in [5.41, 5.74) is -0.848. The van der Waals surface area contributed by atoms with Crippen LogP contribution in [0.25, 0.3) is 0 Å². The van der Waals surface area contributed by atoms with Crippen molar-refractivity contribution >= 4 is 39.1 Å². The molecule has 0 bridgehead atoms. The lowest BCUT2D eigenvalue weighted by Crippen LogP contribution is -2.42. The van der Waals surface area contributed by atoms with Crippen LogP contribution in [0.3, 0.4) is 0 Å². The Morgan fingerprint density at radius 1 is 1.10 bits per heavy atom. The standard InChI is InChI=1S/C22H26ClN3O4S/c1-22(2,30-18-12-10-16(23)11-13-18)21(27)25-17-7-6-8-19(15-17)31(28,29)26-20-9-4-3-5-14-24-20/h6-8,10-13,15H,3-5,9,14H2,1-2H3,(H,24,26)(H,25,27). The van der Waals surface area contributed by atoms with E-state index < -0.39 is 21.5 Å². The van der Waals surface area contributed by atoms with Gasteiger partial charge in [0.05, 0.1) is 4.90 Å². The molecule has 7 nitrogen and oxygen atoms in total. The number of anilines is 1. The largest absolute Gasteiger partial charge is 0.478 e. The third-order valence-corrected chi connectivity index (χ3v) is 6.39. The molecule has 31 heavy (non-hydrogen) atoms. The average molecular weight is 464 g/mol. The summed E-state index contributed by atoms with van der Waals surface area (Å²) in [4.78, 5) is 17.1. The highest BCUT2D eigenvalue weighted by atomic mass is 35.5. The van der Waals surface area contributed by atoms with Gasteiger partial charge in [-0.15, -0.1) is 0 Å². The van der Waals surface area contributed by atoms with Gasteiger partial charge in [0.25, 0.3) is 15.9 Å². The highest BCUT2D eigenvalue weighted by molar-refractivity contribution is 7.90. The van der Waals surface area contributed by atoms with Gasteiger partial charge < -0.3 is 10.1 Å². The van der Waals surface area contributed by atoms with Crippen molar-refractivity contribution in [3.05, 3.63) is 53.6 Å². The SMILES string of the molecule is CC(C)(Oc1ccc(Cl)cc1)C(=O)Nc1cccc(S(=O)(=O)NC2=NCCCCC2)c1. The Morgan fingerprint density at radius 2 is 1.84 bits per heavy atom. The van der Waals surface area contributed by atoms with E-state index in [1.165, 1.54) is 12.1 Å². The number of amides is 1. The third-order valence-electron chi connectivity index (χ3n) is 4.76. The first kappa shape index (κ1) is 23.1. The van der Waals surface area contributed by atoms with Crippen LogP contribution in [0.4, 0.5) is 5.69 Å². The summed E-state index contributed by atoms with van der Waals surface area (Å²) in [7, 11) is -3.80. The molecule has 0 aliphatic carbocycles. The molecular formula is C22H26ClN3O4S. The van der Waals surface area contributed by atoms with E-state index in [1.807, 2.05) is 0 Å². The summed E-state index contributed by atoms with van der Waals surface area (Å²) in [6.07, 6.45) is 3.50. The number of nitrogens with zero attached hydrogens (tertiary/aromatic N) is 1. The third kappa shape index (κ3) is 6.45. The Balaban J connectivity index is 1.71. The van der Waals surface area contributed by atoms with Gasteiger partial charge in [-0.2, -0.15) is 0 Å². The molecule has 1 amide bonds. The highest BCUT2D eigenvalue weighted by Gasteiger charge is 2.30. The molecule has 0 spiro atoms. The summed E-state index contributed by atoms with van der Waals surface area (Å²) in [5, 5.41) is 3.29. The number of carbonyl (C=O) groups is 1. The summed E-state index contributed by atoms with van der Waals surface area (Å²) < 4.78 is 33.9. The van der Waals surface area contributed by atoms with E-state index in [2.05, 4.69) is 15.0 Å². The maximum atomic E-state index is 12.8. The number of carbonyl (C=O) groups excluding carboxylic acids is 1. The molecule has 0 unspecified atom stereocenters. The van der Waals surface area contributed by atoms with Crippen LogP contribution in [0.1, 0.15) is 39.5 Å². The van der Waals surface area contributed by atoms with Gasteiger partial charge in [0.1, 0.15) is 11.6 Å². The number of benzene rings is 2. The monoisotopic (exact) mass is 463 g/mol.